The number of nitrogens with one attached hydrogen (secondary N) is 1. The second kappa shape index (κ2) is 6.54. The van der Waals surface area contributed by atoms with E-state index in [-0.39, 0.29) is 22.2 Å². The molecule has 1 aromatic rings. The summed E-state index contributed by atoms with van der Waals surface area (Å²) in [6, 6.07) is 2.48. The van der Waals surface area contributed by atoms with E-state index in [9.17, 15) is 12.8 Å². The third kappa shape index (κ3) is 3.90. The maximum Gasteiger partial charge on any atom is 0.243 e. The average molecular weight is 332 g/mol. The lowest BCUT2D eigenvalue weighted by Gasteiger charge is -2.15. The Morgan fingerprint density at radius 2 is 2.14 bits per heavy atom. The van der Waals surface area contributed by atoms with E-state index >= 15 is 0 Å². The average Bonchev–Trinajstić information content (AvgIpc) is 2.80. The van der Waals surface area contributed by atoms with Crippen molar-refractivity contribution in [3.05, 3.63) is 23.5 Å². The summed E-state index contributed by atoms with van der Waals surface area (Å²) < 4.78 is 41.4. The Morgan fingerprint density at radius 3 is 2.81 bits per heavy atom. The first-order chi connectivity index (χ1) is 9.83. The SMILES string of the molecule is CCSC1CCC(NS(=O)(=O)c2cc(N)cc(C)c2F)C1. The van der Waals surface area contributed by atoms with Crippen LogP contribution >= 0.6 is 11.8 Å². The molecule has 1 fully saturated rings. The Balaban J connectivity index is 2.16. The molecule has 0 spiro atoms. The minimum absolute atomic E-state index is 0.125. The van der Waals surface area contributed by atoms with Crippen molar-refractivity contribution in [2.45, 2.75) is 49.3 Å². The molecule has 0 bridgehead atoms. The predicted molar refractivity (Wildman–Crippen MR) is 85.4 cm³/mol. The van der Waals surface area contributed by atoms with Crippen molar-refractivity contribution in [1.82, 2.24) is 4.72 Å². The van der Waals surface area contributed by atoms with Crippen LogP contribution in [0.5, 0.6) is 0 Å². The fourth-order valence-electron chi connectivity index (χ4n) is 2.68. The molecule has 0 amide bonds. The lowest BCUT2D eigenvalue weighted by molar-refractivity contribution is 0.535. The summed E-state index contributed by atoms with van der Waals surface area (Å²) >= 11 is 1.84. The summed E-state index contributed by atoms with van der Waals surface area (Å²) in [6.07, 6.45) is 2.57. The topological polar surface area (TPSA) is 72.2 Å². The number of aryl methyl sites for hydroxylation is 1. The second-order valence-electron chi connectivity index (χ2n) is 5.36. The maximum atomic E-state index is 14.1. The van der Waals surface area contributed by atoms with E-state index in [4.69, 9.17) is 5.73 Å². The number of sulfonamides is 1. The van der Waals surface area contributed by atoms with Gasteiger partial charge in [-0.15, -0.1) is 0 Å². The van der Waals surface area contributed by atoms with Crippen LogP contribution < -0.4 is 10.5 Å². The first kappa shape index (κ1) is 16.6. The molecule has 4 nitrogen and oxygen atoms in total. The standard InChI is InChI=1S/C14H21FN2O2S2/c1-3-20-12-5-4-11(8-12)17-21(18,19)13-7-10(16)6-9(2)14(13)15/h6-7,11-12,17H,3-5,8,16H2,1-2H3. The fourth-order valence-corrected chi connectivity index (χ4v) is 5.29. The number of hydrogen-bond acceptors (Lipinski definition) is 4. The van der Waals surface area contributed by atoms with Gasteiger partial charge in [0.2, 0.25) is 10.0 Å². The van der Waals surface area contributed by atoms with Gasteiger partial charge in [-0.2, -0.15) is 11.8 Å². The zero-order valence-electron chi connectivity index (χ0n) is 12.2. The molecule has 3 N–H and O–H groups in total. The van der Waals surface area contributed by atoms with Crippen LogP contribution in [0.4, 0.5) is 10.1 Å². The molecular formula is C14H21FN2O2S2. The van der Waals surface area contributed by atoms with Crippen LogP contribution in [0.3, 0.4) is 0 Å². The van der Waals surface area contributed by atoms with Crippen molar-refractivity contribution >= 4 is 27.5 Å². The number of nitrogens with two attached hydrogens (primary N) is 1. The summed E-state index contributed by atoms with van der Waals surface area (Å²) in [7, 11) is -3.87. The van der Waals surface area contributed by atoms with Crippen LogP contribution in [0.15, 0.2) is 17.0 Å². The summed E-state index contributed by atoms with van der Waals surface area (Å²) in [4.78, 5) is -0.355. The van der Waals surface area contributed by atoms with Crippen LogP contribution in [0, 0.1) is 12.7 Å². The van der Waals surface area contributed by atoms with Gasteiger partial charge in [0, 0.05) is 17.0 Å². The van der Waals surface area contributed by atoms with Gasteiger partial charge in [0.25, 0.3) is 0 Å². The largest absolute Gasteiger partial charge is 0.399 e. The van der Waals surface area contributed by atoms with Gasteiger partial charge in [-0.25, -0.2) is 17.5 Å². The van der Waals surface area contributed by atoms with E-state index in [1.54, 1.807) is 0 Å². The maximum absolute atomic E-state index is 14.1. The van der Waals surface area contributed by atoms with Gasteiger partial charge >= 0.3 is 0 Å². The van der Waals surface area contributed by atoms with Crippen LogP contribution in [0.1, 0.15) is 31.7 Å². The van der Waals surface area contributed by atoms with Gasteiger partial charge in [0.15, 0.2) is 0 Å². The number of halogens is 1. The predicted octanol–water partition coefficient (Wildman–Crippen LogP) is 2.67. The van der Waals surface area contributed by atoms with Crippen molar-refractivity contribution in [3.8, 4) is 0 Å². The van der Waals surface area contributed by atoms with E-state index in [1.807, 2.05) is 11.8 Å². The number of hydrogen-bond donors (Lipinski definition) is 2. The van der Waals surface area contributed by atoms with E-state index in [0.717, 1.165) is 25.0 Å². The highest BCUT2D eigenvalue weighted by molar-refractivity contribution is 7.99. The minimum Gasteiger partial charge on any atom is -0.399 e. The zero-order chi connectivity index (χ0) is 15.6. The van der Waals surface area contributed by atoms with Crippen LogP contribution in [0.25, 0.3) is 0 Å². The van der Waals surface area contributed by atoms with Crippen LogP contribution in [0.2, 0.25) is 0 Å². The van der Waals surface area contributed by atoms with Gasteiger partial charge in [-0.1, -0.05) is 6.92 Å². The third-order valence-corrected chi connectivity index (χ3v) is 6.39. The molecule has 1 aliphatic carbocycles. The molecular weight excluding hydrogens is 311 g/mol. The minimum atomic E-state index is -3.87. The molecule has 118 valence electrons. The number of thioether (sulfide) groups is 1. The number of anilines is 1. The van der Waals surface area contributed by atoms with Gasteiger partial charge in [-0.3, -0.25) is 0 Å². The molecule has 2 rings (SSSR count). The summed E-state index contributed by atoms with van der Waals surface area (Å²) in [6.45, 7) is 3.60. The Hall–Kier alpha value is -0.790. The highest BCUT2D eigenvalue weighted by atomic mass is 32.2. The summed E-state index contributed by atoms with van der Waals surface area (Å²) in [5.74, 6) is 0.293. The Labute approximate surface area is 129 Å². The van der Waals surface area contributed by atoms with Crippen molar-refractivity contribution < 1.29 is 12.8 Å². The van der Waals surface area contributed by atoms with Gasteiger partial charge in [0.1, 0.15) is 10.7 Å². The molecule has 0 heterocycles. The molecule has 21 heavy (non-hydrogen) atoms. The Kier molecular flexibility index (Phi) is 5.16. The molecule has 0 aromatic heterocycles. The molecule has 2 atom stereocenters. The number of nitrogen functional groups attached to an aromatic ring is 1. The highest BCUT2D eigenvalue weighted by Gasteiger charge is 2.30. The Morgan fingerprint density at radius 1 is 1.43 bits per heavy atom. The molecule has 0 saturated heterocycles. The number of benzene rings is 1. The van der Waals surface area contributed by atoms with E-state index < -0.39 is 15.8 Å². The van der Waals surface area contributed by atoms with E-state index in [1.165, 1.54) is 19.1 Å². The first-order valence-corrected chi connectivity index (χ1v) is 9.56. The van der Waals surface area contributed by atoms with Crippen molar-refractivity contribution in [2.75, 3.05) is 11.5 Å². The van der Waals surface area contributed by atoms with Crippen LogP contribution in [-0.2, 0) is 10.0 Å². The lowest BCUT2D eigenvalue weighted by atomic mass is 10.2. The third-order valence-electron chi connectivity index (χ3n) is 3.64. The zero-order valence-corrected chi connectivity index (χ0v) is 13.9. The van der Waals surface area contributed by atoms with Gasteiger partial charge in [-0.05, 0) is 49.6 Å². The van der Waals surface area contributed by atoms with Crippen LogP contribution in [-0.4, -0.2) is 25.5 Å². The Bertz CT molecular complexity index is 620. The normalized spacial score (nSPS) is 22.6. The molecule has 1 aromatic carbocycles. The summed E-state index contributed by atoms with van der Waals surface area (Å²) in [5.41, 5.74) is 6.12. The van der Waals surface area contributed by atoms with Gasteiger partial charge in [0.05, 0.1) is 0 Å². The highest BCUT2D eigenvalue weighted by Crippen LogP contribution is 2.31. The van der Waals surface area contributed by atoms with E-state index in [0.29, 0.717) is 5.25 Å². The fraction of sp³-hybridized carbons (Fsp3) is 0.571. The lowest BCUT2D eigenvalue weighted by Crippen LogP contribution is -2.33. The monoisotopic (exact) mass is 332 g/mol. The summed E-state index contributed by atoms with van der Waals surface area (Å²) in [5, 5.41) is 0.482. The molecule has 1 aliphatic rings. The molecule has 0 aliphatic heterocycles. The van der Waals surface area contributed by atoms with Crippen molar-refractivity contribution in [1.29, 1.82) is 0 Å². The first-order valence-electron chi connectivity index (χ1n) is 7.03. The smallest absolute Gasteiger partial charge is 0.243 e. The van der Waals surface area contributed by atoms with E-state index in [2.05, 4.69) is 11.6 Å². The second-order valence-corrected chi connectivity index (χ2v) is 8.62. The van der Waals surface area contributed by atoms with Crippen molar-refractivity contribution in [3.63, 3.8) is 0 Å². The van der Waals surface area contributed by atoms with Gasteiger partial charge < -0.3 is 5.73 Å². The molecule has 0 radical (unpaired) electrons. The molecule has 1 saturated carbocycles. The molecule has 7 heteroatoms. The van der Waals surface area contributed by atoms with Crippen molar-refractivity contribution in [2.24, 2.45) is 0 Å². The molecule has 2 unspecified atom stereocenters. The quantitative estimate of drug-likeness (QED) is 0.813. The number of rotatable bonds is 5.